The molecule has 1 aromatic carbocycles. The molecule has 0 aliphatic carbocycles. The van der Waals surface area contributed by atoms with Crippen molar-refractivity contribution >= 4 is 40.2 Å². The molecule has 25 heavy (non-hydrogen) atoms. The summed E-state index contributed by atoms with van der Waals surface area (Å²) in [5.74, 6) is -1.19. The Balaban J connectivity index is 1.85. The molecule has 2 aromatic heterocycles. The number of nitrogens with one attached hydrogen (secondary N) is 1. The summed E-state index contributed by atoms with van der Waals surface area (Å²) in [6, 6.07) is 7.57. The number of ether oxygens (including phenoxy) is 1. The molecule has 0 saturated heterocycles. The predicted octanol–water partition coefficient (Wildman–Crippen LogP) is 4.36. The Kier molecular flexibility index (Phi) is 4.91. The number of anilines is 1. The molecule has 128 valence electrons. The number of carbonyl (C=O) groups excluding carboxylic acids is 2. The molecule has 1 N–H and O–H groups in total. The van der Waals surface area contributed by atoms with Crippen LogP contribution < -0.4 is 5.32 Å². The number of aryl methyl sites for hydroxylation is 1. The first-order valence-corrected chi connectivity index (χ1v) is 8.89. The van der Waals surface area contributed by atoms with E-state index in [1.807, 2.05) is 0 Å². The molecule has 1 amide bonds. The molecule has 3 aromatic rings. The number of hydrogen-bond acceptors (Lipinski definition) is 6. The number of benzene rings is 1. The maximum absolute atomic E-state index is 13.0. The van der Waals surface area contributed by atoms with Crippen LogP contribution in [0.25, 0.3) is 10.6 Å². The summed E-state index contributed by atoms with van der Waals surface area (Å²) in [7, 11) is 1.29. The molecule has 0 spiro atoms. The summed E-state index contributed by atoms with van der Waals surface area (Å²) < 4.78 is 17.7. The molecule has 0 saturated carbocycles. The topological polar surface area (TPSA) is 68.3 Å². The number of carbonyl (C=O) groups is 2. The van der Waals surface area contributed by atoms with Gasteiger partial charge in [0.2, 0.25) is 0 Å². The number of aromatic nitrogens is 1. The summed E-state index contributed by atoms with van der Waals surface area (Å²) in [4.78, 5) is 29.4. The molecule has 0 aliphatic heterocycles. The molecule has 0 radical (unpaired) electrons. The minimum Gasteiger partial charge on any atom is -0.465 e. The van der Waals surface area contributed by atoms with Crippen molar-refractivity contribution in [1.82, 2.24) is 4.98 Å². The third-order valence-electron chi connectivity index (χ3n) is 3.38. The van der Waals surface area contributed by atoms with Crippen LogP contribution in [-0.2, 0) is 4.74 Å². The summed E-state index contributed by atoms with van der Waals surface area (Å²) in [6.45, 7) is 1.73. The largest absolute Gasteiger partial charge is 0.465 e. The Labute approximate surface area is 151 Å². The average Bonchev–Trinajstić information content (AvgIpc) is 3.21. The zero-order chi connectivity index (χ0) is 18.0. The standard InChI is InChI=1S/C17H13FN2O3S2/c1-9-13(25-16(19-9)10-3-5-11(18)6-4-10)15(21)20-12-7-8-24-14(12)17(22)23-2/h3-8H,1-2H3,(H,20,21). The minimum atomic E-state index is -0.502. The SMILES string of the molecule is COC(=O)c1sccc1NC(=O)c1sc(-c2ccc(F)cc2)nc1C. The highest BCUT2D eigenvalue weighted by molar-refractivity contribution is 7.17. The Morgan fingerprint density at radius 2 is 1.88 bits per heavy atom. The second kappa shape index (κ2) is 7.12. The van der Waals surface area contributed by atoms with Crippen LogP contribution >= 0.6 is 22.7 Å². The Hall–Kier alpha value is -2.58. The second-order valence-electron chi connectivity index (χ2n) is 5.05. The number of halogens is 1. The van der Waals surface area contributed by atoms with Gasteiger partial charge in [-0.3, -0.25) is 4.79 Å². The molecule has 8 heteroatoms. The van der Waals surface area contributed by atoms with E-state index in [9.17, 15) is 14.0 Å². The van der Waals surface area contributed by atoms with Crippen molar-refractivity contribution in [3.05, 3.63) is 57.0 Å². The van der Waals surface area contributed by atoms with Gasteiger partial charge >= 0.3 is 5.97 Å². The van der Waals surface area contributed by atoms with Crippen molar-refractivity contribution in [2.24, 2.45) is 0 Å². The van der Waals surface area contributed by atoms with Gasteiger partial charge in [-0.1, -0.05) is 0 Å². The van der Waals surface area contributed by atoms with Gasteiger partial charge < -0.3 is 10.1 Å². The lowest BCUT2D eigenvalue weighted by Crippen LogP contribution is -2.13. The quantitative estimate of drug-likeness (QED) is 0.687. The zero-order valence-corrected chi connectivity index (χ0v) is 15.0. The van der Waals surface area contributed by atoms with Crippen molar-refractivity contribution in [2.45, 2.75) is 6.92 Å². The van der Waals surface area contributed by atoms with E-state index in [2.05, 4.69) is 10.3 Å². The monoisotopic (exact) mass is 376 g/mol. The van der Waals surface area contributed by atoms with E-state index in [-0.39, 0.29) is 11.7 Å². The van der Waals surface area contributed by atoms with E-state index in [0.29, 0.717) is 26.1 Å². The second-order valence-corrected chi connectivity index (χ2v) is 6.96. The van der Waals surface area contributed by atoms with Crippen LogP contribution in [0, 0.1) is 12.7 Å². The van der Waals surface area contributed by atoms with Crippen LogP contribution in [0.2, 0.25) is 0 Å². The molecule has 0 aliphatic rings. The molecule has 0 fully saturated rings. The highest BCUT2D eigenvalue weighted by atomic mass is 32.1. The number of nitrogens with zero attached hydrogens (tertiary/aromatic N) is 1. The first kappa shape index (κ1) is 17.2. The molecule has 0 atom stereocenters. The Morgan fingerprint density at radius 1 is 1.16 bits per heavy atom. The van der Waals surface area contributed by atoms with Crippen LogP contribution in [0.5, 0.6) is 0 Å². The smallest absolute Gasteiger partial charge is 0.350 e. The lowest BCUT2D eigenvalue weighted by molar-refractivity contribution is 0.0607. The highest BCUT2D eigenvalue weighted by Gasteiger charge is 2.20. The van der Waals surface area contributed by atoms with E-state index >= 15 is 0 Å². The van der Waals surface area contributed by atoms with E-state index < -0.39 is 5.97 Å². The normalized spacial score (nSPS) is 10.5. The van der Waals surface area contributed by atoms with Gasteiger partial charge in [0.15, 0.2) is 0 Å². The first-order chi connectivity index (χ1) is 12.0. The van der Waals surface area contributed by atoms with Gasteiger partial charge in [-0.2, -0.15) is 0 Å². The number of rotatable bonds is 4. The third-order valence-corrected chi connectivity index (χ3v) is 5.48. The number of esters is 1. The molecule has 0 unspecified atom stereocenters. The maximum Gasteiger partial charge on any atom is 0.350 e. The van der Waals surface area contributed by atoms with E-state index in [1.54, 1.807) is 30.5 Å². The van der Waals surface area contributed by atoms with Gasteiger partial charge in [0.1, 0.15) is 20.6 Å². The fourth-order valence-corrected chi connectivity index (χ4v) is 3.89. The predicted molar refractivity (Wildman–Crippen MR) is 95.9 cm³/mol. The summed E-state index contributed by atoms with van der Waals surface area (Å²) >= 11 is 2.40. The third kappa shape index (κ3) is 3.59. The van der Waals surface area contributed by atoms with E-state index in [4.69, 9.17) is 4.74 Å². The minimum absolute atomic E-state index is 0.330. The van der Waals surface area contributed by atoms with Crippen LogP contribution in [-0.4, -0.2) is 24.0 Å². The lowest BCUT2D eigenvalue weighted by Gasteiger charge is -2.04. The van der Waals surface area contributed by atoms with Crippen molar-refractivity contribution < 1.29 is 18.7 Å². The fraction of sp³-hybridized carbons (Fsp3) is 0.118. The lowest BCUT2D eigenvalue weighted by atomic mass is 10.2. The average molecular weight is 376 g/mol. The number of amides is 1. The van der Waals surface area contributed by atoms with Crippen LogP contribution in [0.4, 0.5) is 10.1 Å². The molecular formula is C17H13FN2O3S2. The first-order valence-electron chi connectivity index (χ1n) is 7.20. The van der Waals surface area contributed by atoms with Crippen molar-refractivity contribution in [3.63, 3.8) is 0 Å². The molecule has 2 heterocycles. The van der Waals surface area contributed by atoms with Crippen molar-refractivity contribution in [3.8, 4) is 10.6 Å². The van der Waals surface area contributed by atoms with Gasteiger partial charge in [0, 0.05) is 5.56 Å². The molecule has 0 bridgehead atoms. The number of thiophene rings is 1. The molecule has 3 rings (SSSR count). The van der Waals surface area contributed by atoms with Crippen molar-refractivity contribution in [2.75, 3.05) is 12.4 Å². The number of hydrogen-bond donors (Lipinski definition) is 1. The Bertz CT molecular complexity index is 932. The molecular weight excluding hydrogens is 363 g/mol. The van der Waals surface area contributed by atoms with Gasteiger partial charge in [-0.15, -0.1) is 22.7 Å². The van der Waals surface area contributed by atoms with Crippen molar-refractivity contribution in [1.29, 1.82) is 0 Å². The summed E-state index contributed by atoms with van der Waals surface area (Å²) in [5.41, 5.74) is 1.70. The summed E-state index contributed by atoms with van der Waals surface area (Å²) in [6.07, 6.45) is 0. The van der Waals surface area contributed by atoms with Gasteiger partial charge in [-0.25, -0.2) is 14.2 Å². The Morgan fingerprint density at radius 3 is 2.56 bits per heavy atom. The fourth-order valence-electron chi connectivity index (χ4n) is 2.16. The van der Waals surface area contributed by atoms with Crippen LogP contribution in [0.15, 0.2) is 35.7 Å². The van der Waals surface area contributed by atoms with Gasteiger partial charge in [-0.05, 0) is 42.6 Å². The highest BCUT2D eigenvalue weighted by Crippen LogP contribution is 2.30. The zero-order valence-electron chi connectivity index (χ0n) is 13.3. The number of methoxy groups -OCH3 is 1. The maximum atomic E-state index is 13.0. The molecule has 5 nitrogen and oxygen atoms in total. The van der Waals surface area contributed by atoms with Crippen LogP contribution in [0.3, 0.4) is 0 Å². The number of thiazole rings is 1. The van der Waals surface area contributed by atoms with Gasteiger partial charge in [0.25, 0.3) is 5.91 Å². The van der Waals surface area contributed by atoms with Crippen LogP contribution in [0.1, 0.15) is 25.0 Å². The van der Waals surface area contributed by atoms with E-state index in [0.717, 1.165) is 5.56 Å². The van der Waals surface area contributed by atoms with E-state index in [1.165, 1.54) is 41.9 Å². The summed E-state index contributed by atoms with van der Waals surface area (Å²) in [5, 5.41) is 5.04. The van der Waals surface area contributed by atoms with Gasteiger partial charge in [0.05, 0.1) is 18.5 Å².